The third-order valence-electron chi connectivity index (χ3n) is 4.06. The molecule has 3 aromatic rings. The number of aliphatic imine (C=N–C) groups is 1. The van der Waals surface area contributed by atoms with Crippen molar-refractivity contribution < 1.29 is 18.3 Å². The molecular weight excluding hydrogens is 390 g/mol. The maximum Gasteiger partial charge on any atom is 0.263 e. The number of benzene rings is 2. The van der Waals surface area contributed by atoms with Crippen molar-refractivity contribution >= 4 is 54.4 Å². The van der Waals surface area contributed by atoms with Gasteiger partial charge in [0.2, 0.25) is 5.88 Å². The van der Waals surface area contributed by atoms with Crippen LogP contribution >= 0.6 is 0 Å². The molecule has 2 N–H and O–H groups in total. The largest absolute Gasteiger partial charge is 0.508 e. The first-order chi connectivity index (χ1) is 13.8. The number of phenols is 1. The number of rotatable bonds is 6. The van der Waals surface area contributed by atoms with Crippen LogP contribution in [0.25, 0.3) is 0 Å². The zero-order valence-corrected chi connectivity index (χ0v) is 16.9. The van der Waals surface area contributed by atoms with Crippen LogP contribution in [0, 0.1) is 0 Å². The highest BCUT2D eigenvalue weighted by molar-refractivity contribution is 7.92. The minimum atomic E-state index is -3.82. The molecule has 0 unspecified atom stereocenters. The summed E-state index contributed by atoms with van der Waals surface area (Å²) >= 11 is 0. The highest BCUT2D eigenvalue weighted by atomic mass is 32.2. The van der Waals surface area contributed by atoms with Crippen LogP contribution in [-0.2, 0) is 10.0 Å². The predicted octanol–water partition coefficient (Wildman–Crippen LogP) is -0.741. The number of nitrogens with zero attached hydrogens (tertiary/aromatic N) is 3. The molecule has 0 saturated carbocycles. The predicted molar refractivity (Wildman–Crippen MR) is 118 cm³/mol. The number of methoxy groups -OCH3 is 1. The molecule has 11 heteroatoms. The van der Waals surface area contributed by atoms with Crippen LogP contribution in [0.3, 0.4) is 0 Å². The summed E-state index contributed by atoms with van der Waals surface area (Å²) in [6.07, 6.45) is 1.55. The fourth-order valence-corrected chi connectivity index (χ4v) is 3.62. The van der Waals surface area contributed by atoms with E-state index in [-0.39, 0.29) is 22.3 Å². The lowest BCUT2D eigenvalue weighted by Crippen LogP contribution is -2.15. The van der Waals surface area contributed by atoms with Gasteiger partial charge in [-0.25, -0.2) is 8.42 Å². The average Bonchev–Trinajstić information content (AvgIpc) is 2.70. The number of ether oxygens (including phenoxy) is 1. The quantitative estimate of drug-likeness (QED) is 0.411. The Morgan fingerprint density at radius 2 is 1.83 bits per heavy atom. The van der Waals surface area contributed by atoms with Crippen molar-refractivity contribution in [2.45, 2.75) is 4.90 Å². The van der Waals surface area contributed by atoms with Crippen LogP contribution in [0.4, 0.5) is 11.5 Å². The van der Waals surface area contributed by atoms with E-state index in [4.69, 9.17) is 4.74 Å². The standard InChI is InChI=1S/C18H18B2N4O4S/c1-28-17-7-6-16(22-23-17)24-29(26,27)14-4-2-13(3-5-14)21-10-11-8-12(19)9-15(20)18(11)25/h2-10,25H,19-20H2,1H3,(H,22,24)/b21-10+. The van der Waals surface area contributed by atoms with Gasteiger partial charge in [0.05, 0.1) is 17.7 Å². The Balaban J connectivity index is 1.77. The van der Waals surface area contributed by atoms with E-state index in [9.17, 15) is 13.5 Å². The molecule has 0 amide bonds. The Morgan fingerprint density at radius 1 is 1.10 bits per heavy atom. The lowest BCUT2D eigenvalue weighted by atomic mass is 9.85. The molecule has 3 rings (SSSR count). The maximum absolute atomic E-state index is 12.5. The van der Waals surface area contributed by atoms with Crippen molar-refractivity contribution in [1.29, 1.82) is 0 Å². The van der Waals surface area contributed by atoms with Gasteiger partial charge in [0.15, 0.2) is 5.82 Å². The number of aromatic hydroxyl groups is 1. The number of anilines is 1. The fraction of sp³-hybridized carbons (Fsp3) is 0.0556. The zero-order valence-electron chi connectivity index (χ0n) is 16.1. The van der Waals surface area contributed by atoms with E-state index in [0.717, 1.165) is 10.9 Å². The van der Waals surface area contributed by atoms with Crippen LogP contribution in [0.1, 0.15) is 5.56 Å². The van der Waals surface area contributed by atoms with E-state index >= 15 is 0 Å². The van der Waals surface area contributed by atoms with Gasteiger partial charge in [-0.1, -0.05) is 17.6 Å². The molecule has 2 aromatic carbocycles. The van der Waals surface area contributed by atoms with Gasteiger partial charge in [-0.05, 0) is 35.8 Å². The van der Waals surface area contributed by atoms with Crippen molar-refractivity contribution in [1.82, 2.24) is 10.2 Å². The number of aromatic nitrogens is 2. The summed E-state index contributed by atoms with van der Waals surface area (Å²) in [5.74, 6) is 0.534. The molecule has 1 heterocycles. The van der Waals surface area contributed by atoms with Gasteiger partial charge in [-0.2, -0.15) is 0 Å². The number of sulfonamides is 1. The fourth-order valence-electron chi connectivity index (χ4n) is 2.63. The SMILES string of the molecule is Bc1cc(B)c(O)c(/C=N/c2ccc(S(=O)(=O)Nc3ccc(OC)nn3)cc2)c1. The first-order valence-corrected chi connectivity index (χ1v) is 10.1. The normalized spacial score (nSPS) is 11.5. The third kappa shape index (κ3) is 4.94. The molecule has 0 radical (unpaired) electrons. The molecule has 0 atom stereocenters. The second kappa shape index (κ2) is 8.36. The third-order valence-corrected chi connectivity index (χ3v) is 5.43. The molecule has 0 saturated heterocycles. The summed E-state index contributed by atoms with van der Waals surface area (Å²) in [7, 11) is 1.38. The van der Waals surface area contributed by atoms with Gasteiger partial charge in [0.1, 0.15) is 21.4 Å². The van der Waals surface area contributed by atoms with Gasteiger partial charge < -0.3 is 9.84 Å². The Morgan fingerprint density at radius 3 is 2.45 bits per heavy atom. The van der Waals surface area contributed by atoms with E-state index < -0.39 is 10.0 Å². The molecular formula is C18H18B2N4O4S. The van der Waals surface area contributed by atoms with Gasteiger partial charge in [-0.3, -0.25) is 9.71 Å². The molecule has 146 valence electrons. The molecule has 0 bridgehead atoms. The minimum absolute atomic E-state index is 0.0586. The van der Waals surface area contributed by atoms with Crippen LogP contribution in [0.15, 0.2) is 58.4 Å². The zero-order chi connectivity index (χ0) is 21.0. The molecule has 0 aliphatic carbocycles. The molecule has 8 nitrogen and oxygen atoms in total. The molecule has 0 aliphatic heterocycles. The summed E-state index contributed by atoms with van der Waals surface area (Å²) in [6, 6.07) is 12.7. The van der Waals surface area contributed by atoms with Gasteiger partial charge in [0, 0.05) is 17.8 Å². The summed E-state index contributed by atoms with van der Waals surface area (Å²) in [4.78, 5) is 4.37. The Hall–Kier alpha value is -3.33. The van der Waals surface area contributed by atoms with Crippen LogP contribution in [0.5, 0.6) is 11.6 Å². The van der Waals surface area contributed by atoms with E-state index in [1.807, 2.05) is 27.8 Å². The van der Waals surface area contributed by atoms with Crippen molar-refractivity contribution in [3.8, 4) is 11.6 Å². The van der Waals surface area contributed by atoms with Gasteiger partial charge in [0.25, 0.3) is 10.0 Å². The number of hydrogen-bond acceptors (Lipinski definition) is 7. The lowest BCUT2D eigenvalue weighted by molar-refractivity contribution is 0.392. The Labute approximate surface area is 170 Å². The summed E-state index contributed by atoms with van der Waals surface area (Å²) in [5.41, 5.74) is 2.92. The number of nitrogens with one attached hydrogen (secondary N) is 1. The van der Waals surface area contributed by atoms with Crippen molar-refractivity contribution in [2.75, 3.05) is 11.8 Å². The van der Waals surface area contributed by atoms with Crippen molar-refractivity contribution in [2.24, 2.45) is 4.99 Å². The summed E-state index contributed by atoms with van der Waals surface area (Å²) < 4.78 is 32.2. The van der Waals surface area contributed by atoms with Gasteiger partial charge in [-0.15, -0.1) is 10.2 Å². The number of hydrogen-bond donors (Lipinski definition) is 2. The van der Waals surface area contributed by atoms with Crippen LogP contribution in [0.2, 0.25) is 0 Å². The summed E-state index contributed by atoms with van der Waals surface area (Å²) in [5, 5.41) is 17.6. The minimum Gasteiger partial charge on any atom is -0.508 e. The second-order valence-corrected chi connectivity index (χ2v) is 8.02. The Kier molecular flexibility index (Phi) is 5.88. The highest BCUT2D eigenvalue weighted by Crippen LogP contribution is 2.20. The van der Waals surface area contributed by atoms with E-state index in [1.54, 1.807) is 18.3 Å². The van der Waals surface area contributed by atoms with E-state index in [0.29, 0.717) is 11.3 Å². The number of phenolic OH excluding ortho intramolecular Hbond substituents is 1. The van der Waals surface area contributed by atoms with Crippen molar-refractivity contribution in [3.63, 3.8) is 0 Å². The molecule has 0 aliphatic rings. The van der Waals surface area contributed by atoms with E-state index in [2.05, 4.69) is 19.9 Å². The van der Waals surface area contributed by atoms with E-state index in [1.165, 1.54) is 31.4 Å². The Bertz CT molecular complexity index is 1150. The molecule has 29 heavy (non-hydrogen) atoms. The van der Waals surface area contributed by atoms with Crippen molar-refractivity contribution in [3.05, 3.63) is 54.1 Å². The van der Waals surface area contributed by atoms with Crippen LogP contribution < -0.4 is 20.4 Å². The first kappa shape index (κ1) is 20.4. The summed E-state index contributed by atoms with van der Waals surface area (Å²) in [6.45, 7) is 0. The first-order valence-electron chi connectivity index (χ1n) is 8.63. The lowest BCUT2D eigenvalue weighted by Gasteiger charge is -2.07. The maximum atomic E-state index is 12.5. The molecule has 1 aromatic heterocycles. The van der Waals surface area contributed by atoms with Gasteiger partial charge >= 0.3 is 0 Å². The molecule has 0 fully saturated rings. The second-order valence-electron chi connectivity index (χ2n) is 6.34. The molecule has 0 spiro atoms. The smallest absolute Gasteiger partial charge is 0.263 e. The average molecular weight is 408 g/mol. The monoisotopic (exact) mass is 408 g/mol. The van der Waals surface area contributed by atoms with Crippen LogP contribution in [-0.4, -0.2) is 52.7 Å². The highest BCUT2D eigenvalue weighted by Gasteiger charge is 2.15. The topological polar surface area (TPSA) is 114 Å².